The number of aliphatic carboxylic acids is 1. The van der Waals surface area contributed by atoms with Gasteiger partial charge in [-0.25, -0.2) is 4.39 Å². The number of carboxylic acids is 1. The molecule has 0 spiro atoms. The van der Waals surface area contributed by atoms with Gasteiger partial charge in [0.05, 0.1) is 0 Å². The second kappa shape index (κ2) is 3.54. The molecule has 1 N–H and O–H groups in total. The fraction of sp³-hybridized carbons (Fsp3) is 0.385. The molecule has 94 valence electrons. The quantitative estimate of drug-likeness (QED) is 0.809. The van der Waals surface area contributed by atoms with Crippen molar-refractivity contribution in [1.29, 1.82) is 0 Å². The summed E-state index contributed by atoms with van der Waals surface area (Å²) in [6, 6.07) is 4.31. The van der Waals surface area contributed by atoms with E-state index in [2.05, 4.69) is 0 Å². The summed E-state index contributed by atoms with van der Waals surface area (Å²) in [5.41, 5.74) is 0.159. The lowest BCUT2D eigenvalue weighted by molar-refractivity contribution is -0.148. The van der Waals surface area contributed by atoms with Gasteiger partial charge in [-0.05, 0) is 37.0 Å². The van der Waals surface area contributed by atoms with Crippen LogP contribution in [0, 0.1) is 11.2 Å². The van der Waals surface area contributed by atoms with Crippen LogP contribution in [0.3, 0.4) is 0 Å². The van der Waals surface area contributed by atoms with Gasteiger partial charge in [0.2, 0.25) is 5.91 Å². The highest BCUT2D eigenvalue weighted by Gasteiger charge is 2.59. The van der Waals surface area contributed by atoms with Crippen molar-refractivity contribution in [2.24, 2.45) is 5.41 Å². The number of hydrogen-bond donors (Lipinski definition) is 1. The first-order valence-electron chi connectivity index (χ1n) is 5.88. The summed E-state index contributed by atoms with van der Waals surface area (Å²) in [6.45, 7) is 0.437. The Kier molecular flexibility index (Phi) is 2.20. The van der Waals surface area contributed by atoms with E-state index in [-0.39, 0.29) is 0 Å². The lowest BCUT2D eigenvalue weighted by Crippen LogP contribution is -2.40. The molecule has 1 aromatic carbocycles. The van der Waals surface area contributed by atoms with Gasteiger partial charge < -0.3 is 10.0 Å². The van der Waals surface area contributed by atoms with Gasteiger partial charge >= 0.3 is 5.97 Å². The van der Waals surface area contributed by atoms with Gasteiger partial charge in [0.25, 0.3) is 0 Å². The molecule has 0 atom stereocenters. The first-order valence-corrected chi connectivity index (χ1v) is 5.88. The van der Waals surface area contributed by atoms with Crippen LogP contribution in [0.5, 0.6) is 0 Å². The SMILES string of the molecule is O=C(O)C1(C(=O)N2CCc3ccc(F)cc32)CC1. The van der Waals surface area contributed by atoms with E-state index >= 15 is 0 Å². The van der Waals surface area contributed by atoms with Crippen LogP contribution in [0.4, 0.5) is 10.1 Å². The second-order valence-corrected chi connectivity index (χ2v) is 4.87. The molecule has 0 saturated heterocycles. The topological polar surface area (TPSA) is 57.6 Å². The lowest BCUT2D eigenvalue weighted by Gasteiger charge is -2.21. The zero-order valence-electron chi connectivity index (χ0n) is 9.65. The van der Waals surface area contributed by atoms with E-state index < -0.39 is 23.1 Å². The molecular weight excluding hydrogens is 237 g/mol. The molecule has 5 heteroatoms. The van der Waals surface area contributed by atoms with Crippen molar-refractivity contribution in [3.05, 3.63) is 29.6 Å². The van der Waals surface area contributed by atoms with E-state index in [1.807, 2.05) is 0 Å². The molecule has 3 rings (SSSR count). The molecule has 1 amide bonds. The Hall–Kier alpha value is -1.91. The van der Waals surface area contributed by atoms with Crippen molar-refractivity contribution in [2.75, 3.05) is 11.4 Å². The minimum absolute atomic E-state index is 0.377. The summed E-state index contributed by atoms with van der Waals surface area (Å²) in [7, 11) is 0. The van der Waals surface area contributed by atoms with Gasteiger partial charge in [-0.1, -0.05) is 6.07 Å². The maximum atomic E-state index is 13.2. The number of carboxylic acid groups (broad SMARTS) is 1. The molecular formula is C13H12FNO3. The third kappa shape index (κ3) is 1.43. The van der Waals surface area contributed by atoms with Gasteiger partial charge in [-0.2, -0.15) is 0 Å². The number of anilines is 1. The van der Waals surface area contributed by atoms with Crippen molar-refractivity contribution in [2.45, 2.75) is 19.3 Å². The van der Waals surface area contributed by atoms with Crippen molar-refractivity contribution >= 4 is 17.6 Å². The summed E-state index contributed by atoms with van der Waals surface area (Å²) in [5.74, 6) is -1.88. The summed E-state index contributed by atoms with van der Waals surface area (Å²) in [4.78, 5) is 24.8. The number of rotatable bonds is 2. The van der Waals surface area contributed by atoms with E-state index in [1.165, 1.54) is 17.0 Å². The lowest BCUT2D eigenvalue weighted by atomic mass is 10.1. The van der Waals surface area contributed by atoms with Crippen molar-refractivity contribution in [1.82, 2.24) is 0 Å². The van der Waals surface area contributed by atoms with E-state index in [1.54, 1.807) is 6.07 Å². The smallest absolute Gasteiger partial charge is 0.319 e. The maximum absolute atomic E-state index is 13.2. The molecule has 0 unspecified atom stereocenters. The van der Waals surface area contributed by atoms with E-state index in [0.29, 0.717) is 31.5 Å². The van der Waals surface area contributed by atoms with Crippen LogP contribution in [0.15, 0.2) is 18.2 Å². The molecule has 1 aromatic rings. The Morgan fingerprint density at radius 2 is 2.06 bits per heavy atom. The standard InChI is InChI=1S/C13H12FNO3/c14-9-2-1-8-3-6-15(10(8)7-9)11(16)13(4-5-13)12(17)18/h1-2,7H,3-6H2,(H,17,18). The van der Waals surface area contributed by atoms with Crippen molar-refractivity contribution in [3.63, 3.8) is 0 Å². The molecule has 1 heterocycles. The highest BCUT2D eigenvalue weighted by atomic mass is 19.1. The van der Waals surface area contributed by atoms with Crippen LogP contribution in [-0.4, -0.2) is 23.5 Å². The van der Waals surface area contributed by atoms with Crippen molar-refractivity contribution in [3.8, 4) is 0 Å². The number of carbonyl (C=O) groups is 2. The number of nitrogens with zero attached hydrogens (tertiary/aromatic N) is 1. The molecule has 1 saturated carbocycles. The zero-order valence-corrected chi connectivity index (χ0v) is 9.65. The predicted octanol–water partition coefficient (Wildman–Crippen LogP) is 1.58. The molecule has 18 heavy (non-hydrogen) atoms. The number of hydrogen-bond acceptors (Lipinski definition) is 2. The average molecular weight is 249 g/mol. The molecule has 0 bridgehead atoms. The van der Waals surface area contributed by atoms with Crippen LogP contribution in [0.1, 0.15) is 18.4 Å². The summed E-state index contributed by atoms with van der Waals surface area (Å²) >= 11 is 0. The van der Waals surface area contributed by atoms with Crippen LogP contribution in [-0.2, 0) is 16.0 Å². The number of amides is 1. The van der Waals surface area contributed by atoms with E-state index in [4.69, 9.17) is 5.11 Å². The minimum Gasteiger partial charge on any atom is -0.480 e. The number of halogens is 1. The van der Waals surface area contributed by atoms with Crippen LogP contribution >= 0.6 is 0 Å². The van der Waals surface area contributed by atoms with Gasteiger partial charge in [-0.3, -0.25) is 9.59 Å². The fourth-order valence-corrected chi connectivity index (χ4v) is 2.47. The average Bonchev–Trinajstić information content (AvgIpc) is 3.04. The van der Waals surface area contributed by atoms with Crippen molar-refractivity contribution < 1.29 is 19.1 Å². The molecule has 0 aromatic heterocycles. The van der Waals surface area contributed by atoms with Gasteiger partial charge in [0, 0.05) is 12.2 Å². The first-order chi connectivity index (χ1) is 8.54. The van der Waals surface area contributed by atoms with E-state index in [9.17, 15) is 14.0 Å². The zero-order chi connectivity index (χ0) is 12.9. The number of carbonyl (C=O) groups excluding carboxylic acids is 1. The van der Waals surface area contributed by atoms with Gasteiger partial charge in [-0.15, -0.1) is 0 Å². The molecule has 2 aliphatic rings. The van der Waals surface area contributed by atoms with Crippen LogP contribution < -0.4 is 4.90 Å². The summed E-state index contributed by atoms with van der Waals surface area (Å²) in [5, 5.41) is 9.12. The highest BCUT2D eigenvalue weighted by Crippen LogP contribution is 2.49. The highest BCUT2D eigenvalue weighted by molar-refractivity contribution is 6.12. The Morgan fingerprint density at radius 1 is 1.33 bits per heavy atom. The maximum Gasteiger partial charge on any atom is 0.319 e. The third-order valence-electron chi connectivity index (χ3n) is 3.76. The van der Waals surface area contributed by atoms with Crippen LogP contribution in [0.25, 0.3) is 0 Å². The molecule has 1 aliphatic heterocycles. The summed E-state index contributed by atoms with van der Waals surface area (Å²) in [6.07, 6.45) is 1.40. The molecule has 1 fully saturated rings. The minimum atomic E-state index is -1.26. The number of fused-ring (bicyclic) bond motifs is 1. The first kappa shape index (κ1) is 11.2. The largest absolute Gasteiger partial charge is 0.480 e. The molecule has 4 nitrogen and oxygen atoms in total. The van der Waals surface area contributed by atoms with Gasteiger partial charge in [0.15, 0.2) is 0 Å². The monoisotopic (exact) mass is 249 g/mol. The van der Waals surface area contributed by atoms with Gasteiger partial charge in [0.1, 0.15) is 11.2 Å². The Balaban J connectivity index is 1.95. The fourth-order valence-electron chi connectivity index (χ4n) is 2.47. The Labute approximate surface area is 103 Å². The normalized spacial score (nSPS) is 19.5. The Morgan fingerprint density at radius 3 is 2.67 bits per heavy atom. The predicted molar refractivity (Wildman–Crippen MR) is 61.8 cm³/mol. The molecule has 1 aliphatic carbocycles. The molecule has 0 radical (unpaired) electrons. The second-order valence-electron chi connectivity index (χ2n) is 4.87. The number of benzene rings is 1. The Bertz CT molecular complexity index is 551. The van der Waals surface area contributed by atoms with Crippen LogP contribution in [0.2, 0.25) is 0 Å². The third-order valence-corrected chi connectivity index (χ3v) is 3.76. The van der Waals surface area contributed by atoms with E-state index in [0.717, 1.165) is 5.56 Å². The summed E-state index contributed by atoms with van der Waals surface area (Å²) < 4.78 is 13.2.